The summed E-state index contributed by atoms with van der Waals surface area (Å²) >= 11 is 0. The van der Waals surface area contributed by atoms with E-state index >= 15 is 0 Å². The zero-order valence-electron chi connectivity index (χ0n) is 13.5. The number of hydrogen-bond acceptors (Lipinski definition) is 4. The molecule has 4 rings (SSSR count). The van der Waals surface area contributed by atoms with Gasteiger partial charge in [0.05, 0.1) is 5.56 Å². The summed E-state index contributed by atoms with van der Waals surface area (Å²) in [6.07, 6.45) is 0. The van der Waals surface area contributed by atoms with Gasteiger partial charge in [-0.25, -0.2) is 0 Å². The minimum absolute atomic E-state index is 0.0535. The van der Waals surface area contributed by atoms with Crippen molar-refractivity contribution >= 4 is 11.8 Å². The number of rotatable bonds is 3. The third-order valence-corrected chi connectivity index (χ3v) is 4.56. The standard InChI is InChI=1S/C20H14N2O4/c21-19(23)11-8-9-16(20(24)22(25)26)17(10-11)15-7-3-6-14-12-4-1-2-5-13(12)18(14)15/h1-10,25-26H,(H2,21,23). The van der Waals surface area contributed by atoms with Crippen molar-refractivity contribution in [1.29, 1.82) is 0 Å². The highest BCUT2D eigenvalue weighted by Gasteiger charge is 2.27. The molecule has 0 bridgehead atoms. The molecule has 0 saturated carbocycles. The Hall–Kier alpha value is -3.48. The fourth-order valence-electron chi connectivity index (χ4n) is 3.38. The summed E-state index contributed by atoms with van der Waals surface area (Å²) in [5, 5.41) is 17.9. The third-order valence-electron chi connectivity index (χ3n) is 4.56. The van der Waals surface area contributed by atoms with E-state index in [-0.39, 0.29) is 11.1 Å². The van der Waals surface area contributed by atoms with Crippen LogP contribution in [0.3, 0.4) is 0 Å². The molecule has 0 saturated heterocycles. The van der Waals surface area contributed by atoms with Crippen molar-refractivity contribution in [2.45, 2.75) is 0 Å². The third kappa shape index (κ3) is 2.28. The molecule has 0 aromatic heterocycles. The van der Waals surface area contributed by atoms with E-state index in [1.165, 1.54) is 18.2 Å². The topological polar surface area (TPSA) is 104 Å². The van der Waals surface area contributed by atoms with E-state index < -0.39 is 17.0 Å². The summed E-state index contributed by atoms with van der Waals surface area (Å²) in [4.78, 5) is 23.8. The van der Waals surface area contributed by atoms with Crippen molar-refractivity contribution < 1.29 is 20.0 Å². The average molecular weight is 346 g/mol. The highest BCUT2D eigenvalue weighted by atomic mass is 16.8. The van der Waals surface area contributed by atoms with Crippen molar-refractivity contribution in [2.75, 3.05) is 0 Å². The smallest absolute Gasteiger partial charge is 0.304 e. The minimum Gasteiger partial charge on any atom is -0.366 e. The Labute approximate surface area is 148 Å². The van der Waals surface area contributed by atoms with Gasteiger partial charge in [0.25, 0.3) is 0 Å². The molecule has 3 aromatic carbocycles. The van der Waals surface area contributed by atoms with Crippen LogP contribution in [0.2, 0.25) is 0 Å². The molecule has 128 valence electrons. The number of nitrogens with two attached hydrogens (primary N) is 1. The Morgan fingerprint density at radius 3 is 2.04 bits per heavy atom. The predicted molar refractivity (Wildman–Crippen MR) is 94.6 cm³/mol. The number of fused-ring (bicyclic) bond motifs is 4. The Bertz CT molecular complexity index is 1070. The zero-order valence-corrected chi connectivity index (χ0v) is 13.5. The molecular formula is C20H14N2O4. The van der Waals surface area contributed by atoms with Crippen LogP contribution in [0.1, 0.15) is 20.7 Å². The zero-order chi connectivity index (χ0) is 18.4. The highest BCUT2D eigenvalue weighted by Crippen LogP contribution is 2.51. The van der Waals surface area contributed by atoms with Crippen LogP contribution < -0.4 is 5.73 Å². The molecule has 0 heterocycles. The summed E-state index contributed by atoms with van der Waals surface area (Å²) in [7, 11) is 0. The average Bonchev–Trinajstić information content (AvgIpc) is 2.64. The minimum atomic E-state index is -0.999. The lowest BCUT2D eigenvalue weighted by atomic mass is 9.76. The number of carbonyl (C=O) groups is 2. The van der Waals surface area contributed by atoms with E-state index in [1.807, 2.05) is 42.5 Å². The predicted octanol–water partition coefficient (Wildman–Crippen LogP) is 3.32. The van der Waals surface area contributed by atoms with Crippen molar-refractivity contribution in [2.24, 2.45) is 5.73 Å². The second-order valence-electron chi connectivity index (χ2n) is 5.99. The first kappa shape index (κ1) is 16.0. The molecule has 1 aliphatic carbocycles. The van der Waals surface area contributed by atoms with Gasteiger partial charge in [0.2, 0.25) is 5.91 Å². The number of carbonyl (C=O) groups excluding carboxylic acids is 2. The molecule has 0 radical (unpaired) electrons. The Balaban J connectivity index is 1.97. The Kier molecular flexibility index (Phi) is 3.57. The van der Waals surface area contributed by atoms with Crippen LogP contribution in [0.15, 0.2) is 60.7 Å². The molecule has 2 amide bonds. The molecule has 6 nitrogen and oxygen atoms in total. The van der Waals surface area contributed by atoms with Gasteiger partial charge in [-0.2, -0.15) is 0 Å². The summed E-state index contributed by atoms with van der Waals surface area (Å²) in [5.74, 6) is -1.63. The van der Waals surface area contributed by atoms with E-state index in [9.17, 15) is 9.59 Å². The van der Waals surface area contributed by atoms with Crippen LogP contribution in [0.25, 0.3) is 33.4 Å². The van der Waals surface area contributed by atoms with Crippen LogP contribution in [0.5, 0.6) is 0 Å². The fourth-order valence-corrected chi connectivity index (χ4v) is 3.38. The van der Waals surface area contributed by atoms with E-state index in [0.717, 1.165) is 27.8 Å². The number of hydrogen-bond donors (Lipinski definition) is 3. The maximum absolute atomic E-state index is 12.2. The first-order valence-electron chi connectivity index (χ1n) is 7.88. The molecule has 0 atom stereocenters. The lowest BCUT2D eigenvalue weighted by Gasteiger charge is -2.27. The van der Waals surface area contributed by atoms with E-state index in [1.54, 1.807) is 0 Å². The first-order valence-corrected chi connectivity index (χ1v) is 7.88. The number of hydroxylamine groups is 2. The summed E-state index contributed by atoms with van der Waals surface area (Å²) in [5.41, 5.74) is 10.9. The SMILES string of the molecule is NC(=O)c1ccc(C(=O)N(O)O)c(-c2cccc3c2-c2ccccc2-3)c1. The van der Waals surface area contributed by atoms with Gasteiger partial charge in [-0.15, -0.1) is 0 Å². The van der Waals surface area contributed by atoms with E-state index in [0.29, 0.717) is 5.56 Å². The molecular weight excluding hydrogens is 332 g/mol. The summed E-state index contributed by atoms with van der Waals surface area (Å²) in [6.45, 7) is 0. The second kappa shape index (κ2) is 5.80. The van der Waals surface area contributed by atoms with Gasteiger partial charge in [0.1, 0.15) is 0 Å². The van der Waals surface area contributed by atoms with Gasteiger partial charge in [0, 0.05) is 5.56 Å². The normalized spacial score (nSPS) is 11.2. The van der Waals surface area contributed by atoms with Crippen molar-refractivity contribution in [3.05, 3.63) is 71.8 Å². The number of primary amides is 1. The van der Waals surface area contributed by atoms with Gasteiger partial charge in [-0.05, 0) is 51.6 Å². The first-order chi connectivity index (χ1) is 12.5. The van der Waals surface area contributed by atoms with Crippen LogP contribution in [-0.4, -0.2) is 27.5 Å². The van der Waals surface area contributed by atoms with Gasteiger partial charge in [0.15, 0.2) is 0 Å². The lowest BCUT2D eigenvalue weighted by Crippen LogP contribution is -2.24. The number of nitrogens with zero attached hydrogens (tertiary/aromatic N) is 1. The maximum Gasteiger partial charge on any atom is 0.304 e. The molecule has 26 heavy (non-hydrogen) atoms. The van der Waals surface area contributed by atoms with Crippen LogP contribution >= 0.6 is 0 Å². The summed E-state index contributed by atoms with van der Waals surface area (Å²) < 4.78 is 0. The molecule has 1 aliphatic rings. The molecule has 0 fully saturated rings. The highest BCUT2D eigenvalue weighted by molar-refractivity contribution is 6.12. The quantitative estimate of drug-likeness (QED) is 0.391. The van der Waals surface area contributed by atoms with Gasteiger partial charge in [-0.3, -0.25) is 20.0 Å². The van der Waals surface area contributed by atoms with Crippen molar-refractivity contribution in [3.63, 3.8) is 0 Å². The van der Waals surface area contributed by atoms with Crippen molar-refractivity contribution in [1.82, 2.24) is 5.23 Å². The van der Waals surface area contributed by atoms with Gasteiger partial charge < -0.3 is 5.73 Å². The fraction of sp³-hybridized carbons (Fsp3) is 0. The lowest BCUT2D eigenvalue weighted by molar-refractivity contribution is -0.260. The van der Waals surface area contributed by atoms with Gasteiger partial charge in [-0.1, -0.05) is 47.7 Å². The molecule has 0 unspecified atom stereocenters. The number of amides is 2. The Morgan fingerprint density at radius 1 is 0.769 bits per heavy atom. The second-order valence-corrected chi connectivity index (χ2v) is 5.99. The molecule has 6 heteroatoms. The molecule has 0 aliphatic heterocycles. The summed E-state index contributed by atoms with van der Waals surface area (Å²) in [6, 6.07) is 17.8. The Morgan fingerprint density at radius 2 is 1.38 bits per heavy atom. The van der Waals surface area contributed by atoms with E-state index in [4.69, 9.17) is 16.1 Å². The molecule has 3 aromatic rings. The number of benzene rings is 3. The van der Waals surface area contributed by atoms with Crippen LogP contribution in [0.4, 0.5) is 0 Å². The van der Waals surface area contributed by atoms with Crippen molar-refractivity contribution in [3.8, 4) is 33.4 Å². The molecule has 0 spiro atoms. The van der Waals surface area contributed by atoms with Gasteiger partial charge >= 0.3 is 5.91 Å². The van der Waals surface area contributed by atoms with Crippen LogP contribution in [-0.2, 0) is 0 Å². The van der Waals surface area contributed by atoms with Crippen LogP contribution in [0, 0.1) is 0 Å². The monoisotopic (exact) mass is 346 g/mol. The maximum atomic E-state index is 12.2. The molecule has 4 N–H and O–H groups in total. The largest absolute Gasteiger partial charge is 0.366 e. The van der Waals surface area contributed by atoms with E-state index in [2.05, 4.69) is 0 Å².